The summed E-state index contributed by atoms with van der Waals surface area (Å²) in [6.45, 7) is 5.68. The van der Waals surface area contributed by atoms with Crippen LogP contribution < -0.4 is 11.3 Å². The topological polar surface area (TPSA) is 99.6 Å². The molecule has 0 amide bonds. The molecule has 31 heavy (non-hydrogen) atoms. The largest absolute Gasteiger partial charge is 0.493 e. The number of hydrogen-bond acceptors (Lipinski definition) is 7. The van der Waals surface area contributed by atoms with Gasteiger partial charge in [-0.25, -0.2) is 0 Å². The van der Waals surface area contributed by atoms with Crippen LogP contribution in [0.1, 0.15) is 17.5 Å². The fourth-order valence-corrected chi connectivity index (χ4v) is 4.20. The number of aromatic nitrogens is 3. The highest BCUT2D eigenvalue weighted by Crippen LogP contribution is 2.28. The maximum absolute atomic E-state index is 12.7. The number of nitrogens with zero attached hydrogens (tertiary/aromatic N) is 3. The van der Waals surface area contributed by atoms with Gasteiger partial charge in [-0.15, -0.1) is 6.58 Å². The Morgan fingerprint density at radius 1 is 1.29 bits per heavy atom. The van der Waals surface area contributed by atoms with Gasteiger partial charge in [-0.1, -0.05) is 41.2 Å². The van der Waals surface area contributed by atoms with Gasteiger partial charge in [-0.2, -0.15) is 14.6 Å². The Labute approximate surface area is 182 Å². The second kappa shape index (κ2) is 8.16. The van der Waals surface area contributed by atoms with E-state index in [9.17, 15) is 9.59 Å². The minimum absolute atomic E-state index is 0.181. The summed E-state index contributed by atoms with van der Waals surface area (Å²) in [7, 11) is 1.43. The lowest BCUT2D eigenvalue weighted by molar-refractivity contribution is -0.115. The Morgan fingerprint density at radius 2 is 2.10 bits per heavy atom. The predicted molar refractivity (Wildman–Crippen MR) is 123 cm³/mol. The van der Waals surface area contributed by atoms with Gasteiger partial charge in [0.15, 0.2) is 5.76 Å². The first kappa shape index (κ1) is 20.5. The first-order valence-corrected chi connectivity index (χ1v) is 10.3. The molecule has 0 aliphatic heterocycles. The number of benzene rings is 1. The molecule has 7 nitrogen and oxygen atoms in total. The summed E-state index contributed by atoms with van der Waals surface area (Å²) in [5.41, 5.74) is 9.20. The number of rotatable bonds is 5. The van der Waals surface area contributed by atoms with Crippen molar-refractivity contribution in [2.45, 2.75) is 13.3 Å². The molecule has 0 spiro atoms. The molecule has 1 aliphatic carbocycles. The molecule has 1 aromatic carbocycles. The van der Waals surface area contributed by atoms with Crippen molar-refractivity contribution in [1.29, 1.82) is 0 Å². The average Bonchev–Trinajstić information content (AvgIpc) is 3.17. The zero-order valence-corrected chi connectivity index (χ0v) is 17.9. The van der Waals surface area contributed by atoms with E-state index >= 15 is 0 Å². The Morgan fingerprint density at radius 3 is 2.81 bits per heavy atom. The number of ketones is 1. The quantitative estimate of drug-likeness (QED) is 0.617. The molecule has 0 atom stereocenters. The molecule has 1 aliphatic rings. The van der Waals surface area contributed by atoms with Crippen molar-refractivity contribution in [3.05, 3.63) is 87.5 Å². The Bertz CT molecular complexity index is 1380. The first-order chi connectivity index (χ1) is 14.9. The molecule has 0 saturated carbocycles. The summed E-state index contributed by atoms with van der Waals surface area (Å²) < 4.78 is 6.67. The molecule has 4 rings (SSSR count). The van der Waals surface area contributed by atoms with Gasteiger partial charge in [0.05, 0.1) is 12.7 Å². The normalized spacial score (nSPS) is 15.2. The van der Waals surface area contributed by atoms with Crippen molar-refractivity contribution in [2.75, 3.05) is 12.8 Å². The SMILES string of the molecule is C=CCC1=C/C(=C/c2c(N)n3nc(-c4cccc(C)c4)sc3nc2=O)C=C(OC)C1=O. The van der Waals surface area contributed by atoms with Crippen molar-refractivity contribution in [1.82, 2.24) is 14.6 Å². The zero-order chi connectivity index (χ0) is 22.1. The van der Waals surface area contributed by atoms with Crippen LogP contribution in [0.15, 0.2) is 70.8 Å². The van der Waals surface area contributed by atoms with Crippen LogP contribution in [0.3, 0.4) is 0 Å². The van der Waals surface area contributed by atoms with E-state index in [1.807, 2.05) is 31.2 Å². The molecule has 0 saturated heterocycles. The fraction of sp³-hybridized carbons (Fsp3) is 0.130. The third-order valence-corrected chi connectivity index (χ3v) is 5.76. The van der Waals surface area contributed by atoms with Gasteiger partial charge < -0.3 is 10.5 Å². The summed E-state index contributed by atoms with van der Waals surface area (Å²) in [4.78, 5) is 29.7. The van der Waals surface area contributed by atoms with Crippen LogP contribution in [0.2, 0.25) is 0 Å². The highest BCUT2D eigenvalue weighted by Gasteiger charge is 2.21. The van der Waals surface area contributed by atoms with Crippen LogP contribution in [0.5, 0.6) is 0 Å². The first-order valence-electron chi connectivity index (χ1n) is 9.51. The highest BCUT2D eigenvalue weighted by atomic mass is 32.1. The van der Waals surface area contributed by atoms with Gasteiger partial charge in [0.25, 0.3) is 5.56 Å². The fourth-order valence-electron chi connectivity index (χ4n) is 3.30. The Hall–Kier alpha value is -3.78. The van der Waals surface area contributed by atoms with Gasteiger partial charge >= 0.3 is 0 Å². The predicted octanol–water partition coefficient (Wildman–Crippen LogP) is 3.71. The number of nitrogen functional groups attached to an aromatic ring is 1. The van der Waals surface area contributed by atoms with Gasteiger partial charge in [0.1, 0.15) is 10.8 Å². The summed E-state index contributed by atoms with van der Waals surface area (Å²) in [5.74, 6) is 0.161. The number of carbonyl (C=O) groups is 1. The van der Waals surface area contributed by atoms with Crippen LogP contribution in [0.4, 0.5) is 5.82 Å². The second-order valence-corrected chi connectivity index (χ2v) is 7.99. The maximum atomic E-state index is 12.7. The molecule has 3 aromatic rings. The molecule has 2 aromatic heterocycles. The van der Waals surface area contributed by atoms with Gasteiger partial charge in [-0.3, -0.25) is 9.59 Å². The lowest BCUT2D eigenvalue weighted by Crippen LogP contribution is -2.17. The molecule has 156 valence electrons. The van der Waals surface area contributed by atoms with Gasteiger partial charge in [0.2, 0.25) is 10.7 Å². The third kappa shape index (κ3) is 3.85. The number of allylic oxidation sites excluding steroid dienone is 5. The molecule has 0 fully saturated rings. The number of hydrogen-bond donors (Lipinski definition) is 1. The number of methoxy groups -OCH3 is 1. The van der Waals surface area contributed by atoms with Crippen LogP contribution >= 0.6 is 11.3 Å². The molecule has 8 heteroatoms. The molecule has 0 unspecified atom stereocenters. The number of nitrogens with two attached hydrogens (primary N) is 1. The molecule has 0 bridgehead atoms. The number of fused-ring (bicyclic) bond motifs is 1. The lowest BCUT2D eigenvalue weighted by atomic mass is 9.95. The minimum atomic E-state index is -0.465. The van der Waals surface area contributed by atoms with Crippen molar-refractivity contribution in [3.63, 3.8) is 0 Å². The van der Waals surface area contributed by atoms with E-state index in [0.717, 1.165) is 11.1 Å². The summed E-state index contributed by atoms with van der Waals surface area (Å²) in [5, 5.41) is 5.28. The van der Waals surface area contributed by atoms with E-state index in [0.29, 0.717) is 27.5 Å². The average molecular weight is 433 g/mol. The summed E-state index contributed by atoms with van der Waals surface area (Å²) >= 11 is 1.29. The van der Waals surface area contributed by atoms with Crippen LogP contribution in [0.25, 0.3) is 21.6 Å². The van der Waals surface area contributed by atoms with Crippen molar-refractivity contribution in [3.8, 4) is 10.6 Å². The number of carbonyl (C=O) groups excluding carboxylic acids is 1. The van der Waals surface area contributed by atoms with Crippen molar-refractivity contribution in [2.24, 2.45) is 0 Å². The van der Waals surface area contributed by atoms with Gasteiger partial charge in [0, 0.05) is 11.1 Å². The monoisotopic (exact) mass is 432 g/mol. The second-order valence-electron chi connectivity index (χ2n) is 7.04. The van der Waals surface area contributed by atoms with E-state index in [2.05, 4.69) is 16.7 Å². The van der Waals surface area contributed by atoms with E-state index < -0.39 is 5.56 Å². The third-order valence-electron chi connectivity index (χ3n) is 4.81. The molecule has 2 heterocycles. The maximum Gasteiger partial charge on any atom is 0.283 e. The number of Topliss-reactive ketones (excluding diaryl/α,β-unsaturated/α-hetero) is 1. The Kier molecular flexibility index (Phi) is 5.39. The van der Waals surface area contributed by atoms with E-state index in [4.69, 9.17) is 10.5 Å². The number of aryl methyl sites for hydroxylation is 1. The number of ether oxygens (including phenoxy) is 1. The highest BCUT2D eigenvalue weighted by molar-refractivity contribution is 7.19. The minimum Gasteiger partial charge on any atom is -0.493 e. The van der Waals surface area contributed by atoms with Crippen molar-refractivity contribution < 1.29 is 9.53 Å². The molecular weight excluding hydrogens is 412 g/mol. The van der Waals surface area contributed by atoms with Crippen molar-refractivity contribution >= 4 is 34.0 Å². The van der Waals surface area contributed by atoms with E-state index in [-0.39, 0.29) is 22.9 Å². The molecule has 0 radical (unpaired) electrons. The molecule has 2 N–H and O–H groups in total. The van der Waals surface area contributed by atoms with E-state index in [1.165, 1.54) is 23.0 Å². The standard InChI is InChI=1S/C23H20N4O3S/c1-4-6-15-10-14(12-18(30-3)19(15)28)11-17-20(24)27-23(25-21(17)29)31-22(26-27)16-8-5-7-13(2)9-16/h4-5,7-12H,1,6,24H2,2-3H3/b14-11-. The smallest absolute Gasteiger partial charge is 0.283 e. The zero-order valence-electron chi connectivity index (χ0n) is 17.1. The van der Waals surface area contributed by atoms with Crippen LogP contribution in [-0.4, -0.2) is 27.5 Å². The number of anilines is 1. The molecular formula is C23H20N4O3S. The Balaban J connectivity index is 1.84. The van der Waals surface area contributed by atoms with Crippen LogP contribution in [-0.2, 0) is 9.53 Å². The summed E-state index contributed by atoms with van der Waals surface area (Å²) in [6, 6.07) is 7.91. The van der Waals surface area contributed by atoms with Gasteiger partial charge in [-0.05, 0) is 43.2 Å². The lowest BCUT2D eigenvalue weighted by Gasteiger charge is -2.14. The van der Waals surface area contributed by atoms with Crippen LogP contribution in [0, 0.1) is 6.92 Å². The van der Waals surface area contributed by atoms with E-state index in [1.54, 1.807) is 24.3 Å². The summed E-state index contributed by atoms with van der Waals surface area (Å²) in [6.07, 6.45) is 6.88.